The number of hydrogen-bond donors (Lipinski definition) is 0. The predicted molar refractivity (Wildman–Crippen MR) is 78.8 cm³/mol. The van der Waals surface area contributed by atoms with Crippen molar-refractivity contribution in [2.45, 2.75) is 77.1 Å². The van der Waals surface area contributed by atoms with Crippen LogP contribution in [0.4, 0.5) is 0 Å². The molecular formula is C15H30OSi. The fourth-order valence-electron chi connectivity index (χ4n) is 2.35. The maximum Gasteiger partial charge on any atom is 0.192 e. The zero-order chi connectivity index (χ0) is 13.1. The first-order chi connectivity index (χ1) is 7.76. The molecule has 2 heteroatoms. The van der Waals surface area contributed by atoms with Gasteiger partial charge in [0.15, 0.2) is 8.32 Å². The fourth-order valence-corrected chi connectivity index (χ4v) is 3.75. The summed E-state index contributed by atoms with van der Waals surface area (Å²) < 4.78 is 6.49. The maximum atomic E-state index is 6.49. The molecule has 0 radical (unpaired) electrons. The summed E-state index contributed by atoms with van der Waals surface area (Å²) in [5.41, 5.74) is 0. The van der Waals surface area contributed by atoms with Gasteiger partial charge in [0.2, 0.25) is 0 Å². The molecule has 1 fully saturated rings. The van der Waals surface area contributed by atoms with E-state index in [4.69, 9.17) is 4.43 Å². The molecule has 0 bridgehead atoms. The first-order valence-corrected chi connectivity index (χ1v) is 9.96. The zero-order valence-electron chi connectivity index (χ0n) is 12.4. The normalized spacial score (nSPS) is 26.2. The topological polar surface area (TPSA) is 9.23 Å². The van der Waals surface area contributed by atoms with Gasteiger partial charge in [0, 0.05) is 6.10 Å². The second-order valence-corrected chi connectivity index (χ2v) is 11.8. The van der Waals surface area contributed by atoms with Crippen molar-refractivity contribution in [3.8, 4) is 0 Å². The van der Waals surface area contributed by atoms with E-state index in [0.717, 1.165) is 12.3 Å². The molecule has 100 valence electrons. The highest BCUT2D eigenvalue weighted by Crippen LogP contribution is 2.41. The van der Waals surface area contributed by atoms with Gasteiger partial charge in [-0.3, -0.25) is 0 Å². The average Bonchev–Trinajstić information content (AvgIpc) is 2.60. The van der Waals surface area contributed by atoms with Crippen molar-refractivity contribution < 1.29 is 4.43 Å². The number of hydrogen-bond acceptors (Lipinski definition) is 1. The molecule has 0 aromatic carbocycles. The van der Waals surface area contributed by atoms with Crippen molar-refractivity contribution in [3.05, 3.63) is 12.7 Å². The van der Waals surface area contributed by atoms with Crippen molar-refractivity contribution in [1.82, 2.24) is 0 Å². The van der Waals surface area contributed by atoms with Crippen molar-refractivity contribution in [2.75, 3.05) is 0 Å². The van der Waals surface area contributed by atoms with E-state index in [1.165, 1.54) is 25.7 Å². The van der Waals surface area contributed by atoms with Gasteiger partial charge in [0.25, 0.3) is 0 Å². The fraction of sp³-hybridized carbons (Fsp3) is 0.867. The van der Waals surface area contributed by atoms with Crippen LogP contribution in [0.1, 0.15) is 52.9 Å². The largest absolute Gasteiger partial charge is 0.414 e. The summed E-state index contributed by atoms with van der Waals surface area (Å²) in [4.78, 5) is 0. The standard InChI is InChI=1S/C15H30OSi/c1-7-8-9-13-10-11-14(12-13)16-17(5,6)15(2,3)4/h7,13-14H,1,8-12H2,2-6H3/t13-,14+/m0/s1. The van der Waals surface area contributed by atoms with Crippen molar-refractivity contribution in [3.63, 3.8) is 0 Å². The van der Waals surface area contributed by atoms with E-state index in [0.29, 0.717) is 11.1 Å². The second-order valence-electron chi connectivity index (χ2n) is 7.05. The van der Waals surface area contributed by atoms with Crippen molar-refractivity contribution in [2.24, 2.45) is 5.92 Å². The quantitative estimate of drug-likeness (QED) is 0.487. The molecular weight excluding hydrogens is 224 g/mol. The smallest absolute Gasteiger partial charge is 0.192 e. The van der Waals surface area contributed by atoms with Gasteiger partial charge in [-0.15, -0.1) is 6.58 Å². The van der Waals surface area contributed by atoms with E-state index in [1.54, 1.807) is 0 Å². The average molecular weight is 254 g/mol. The van der Waals surface area contributed by atoms with E-state index >= 15 is 0 Å². The minimum absolute atomic E-state index is 0.339. The summed E-state index contributed by atoms with van der Waals surface area (Å²) in [5.74, 6) is 0.878. The van der Waals surface area contributed by atoms with Gasteiger partial charge in [-0.05, 0) is 56.2 Å². The molecule has 0 aromatic heterocycles. The molecule has 17 heavy (non-hydrogen) atoms. The van der Waals surface area contributed by atoms with E-state index < -0.39 is 8.32 Å². The highest BCUT2D eigenvalue weighted by Gasteiger charge is 2.40. The zero-order valence-corrected chi connectivity index (χ0v) is 13.4. The molecule has 0 unspecified atom stereocenters. The molecule has 0 N–H and O–H groups in total. The van der Waals surface area contributed by atoms with E-state index in [1.807, 2.05) is 6.08 Å². The second kappa shape index (κ2) is 5.70. The third kappa shape index (κ3) is 4.25. The molecule has 1 nitrogen and oxygen atoms in total. The van der Waals surface area contributed by atoms with Gasteiger partial charge in [0.05, 0.1) is 0 Å². The van der Waals surface area contributed by atoms with Gasteiger partial charge in [-0.1, -0.05) is 26.8 Å². The summed E-state index contributed by atoms with van der Waals surface area (Å²) in [6.45, 7) is 15.5. The van der Waals surface area contributed by atoms with Crippen LogP contribution in [0.2, 0.25) is 18.1 Å². The molecule has 0 heterocycles. The Balaban J connectivity index is 2.42. The van der Waals surface area contributed by atoms with Crippen LogP contribution in [0.25, 0.3) is 0 Å². The van der Waals surface area contributed by atoms with Crippen LogP contribution < -0.4 is 0 Å². The first kappa shape index (κ1) is 15.0. The van der Waals surface area contributed by atoms with Gasteiger partial charge in [-0.2, -0.15) is 0 Å². The Labute approximate surface area is 109 Å². The van der Waals surface area contributed by atoms with Crippen LogP contribution >= 0.6 is 0 Å². The van der Waals surface area contributed by atoms with Gasteiger partial charge < -0.3 is 4.43 Å². The molecule has 1 aliphatic carbocycles. The summed E-state index contributed by atoms with van der Waals surface area (Å²) in [5, 5.41) is 0.339. The predicted octanol–water partition coefficient (Wildman–Crippen LogP) is 5.14. The van der Waals surface area contributed by atoms with Crippen LogP contribution in [0.5, 0.6) is 0 Å². The van der Waals surface area contributed by atoms with E-state index in [2.05, 4.69) is 40.4 Å². The lowest BCUT2D eigenvalue weighted by molar-refractivity contribution is 0.182. The SMILES string of the molecule is C=CCC[C@H]1CC[C@@H](O[Si](C)(C)C(C)(C)C)C1. The molecule has 2 atom stereocenters. The molecule has 0 amide bonds. The Hall–Kier alpha value is -0.0831. The van der Waals surface area contributed by atoms with Gasteiger partial charge in [-0.25, -0.2) is 0 Å². The van der Waals surface area contributed by atoms with Crippen molar-refractivity contribution >= 4 is 8.32 Å². The molecule has 0 aromatic rings. The van der Waals surface area contributed by atoms with Crippen LogP contribution in [0.3, 0.4) is 0 Å². The lowest BCUT2D eigenvalue weighted by Crippen LogP contribution is -2.43. The molecule has 0 spiro atoms. The minimum atomic E-state index is -1.55. The summed E-state index contributed by atoms with van der Waals surface area (Å²) in [7, 11) is -1.55. The van der Waals surface area contributed by atoms with Gasteiger partial charge >= 0.3 is 0 Å². The molecule has 1 rings (SSSR count). The third-order valence-corrected chi connectivity index (χ3v) is 9.07. The Bertz CT molecular complexity index is 252. The number of rotatable bonds is 5. The highest BCUT2D eigenvalue weighted by atomic mass is 28.4. The molecule has 1 saturated carbocycles. The Morgan fingerprint density at radius 3 is 2.47 bits per heavy atom. The third-order valence-electron chi connectivity index (χ3n) is 4.54. The summed E-state index contributed by atoms with van der Waals surface area (Å²) in [6.07, 6.45) is 8.95. The molecule has 1 aliphatic rings. The summed E-state index contributed by atoms with van der Waals surface area (Å²) >= 11 is 0. The number of allylic oxidation sites excluding steroid dienone is 1. The lowest BCUT2D eigenvalue weighted by atomic mass is 10.0. The first-order valence-electron chi connectivity index (χ1n) is 7.05. The molecule has 0 saturated heterocycles. The monoisotopic (exact) mass is 254 g/mol. The van der Waals surface area contributed by atoms with E-state index in [9.17, 15) is 0 Å². The molecule has 0 aliphatic heterocycles. The van der Waals surface area contributed by atoms with Crippen LogP contribution in [0.15, 0.2) is 12.7 Å². The van der Waals surface area contributed by atoms with Crippen LogP contribution in [0, 0.1) is 5.92 Å². The Kier molecular flexibility index (Phi) is 5.03. The summed E-state index contributed by atoms with van der Waals surface area (Å²) in [6, 6.07) is 0. The van der Waals surface area contributed by atoms with Crippen LogP contribution in [-0.4, -0.2) is 14.4 Å². The Morgan fingerprint density at radius 2 is 1.94 bits per heavy atom. The van der Waals surface area contributed by atoms with Crippen LogP contribution in [-0.2, 0) is 4.43 Å². The highest BCUT2D eigenvalue weighted by molar-refractivity contribution is 6.74. The maximum absolute atomic E-state index is 6.49. The minimum Gasteiger partial charge on any atom is -0.414 e. The van der Waals surface area contributed by atoms with Crippen molar-refractivity contribution in [1.29, 1.82) is 0 Å². The Morgan fingerprint density at radius 1 is 1.29 bits per heavy atom. The van der Waals surface area contributed by atoms with Gasteiger partial charge in [0.1, 0.15) is 0 Å². The lowest BCUT2D eigenvalue weighted by Gasteiger charge is -2.38. The van der Waals surface area contributed by atoms with E-state index in [-0.39, 0.29) is 0 Å².